The molecule has 0 saturated heterocycles. The first-order valence-corrected chi connectivity index (χ1v) is 5.12. The molecule has 6 heteroatoms. The molecule has 1 heterocycles. The minimum Gasteiger partial charge on any atom is -0.481 e. The first-order valence-electron chi connectivity index (χ1n) is 5.12. The number of aliphatic carboxylic acids is 1. The molecule has 0 atom stereocenters. The van der Waals surface area contributed by atoms with E-state index in [4.69, 9.17) is 9.94 Å². The van der Waals surface area contributed by atoms with Gasteiger partial charge < -0.3 is 9.94 Å². The standard InChI is InChI=1S/C12H9NO5/c14-10-6-5-8-3-1-2-4-9(8)13(10)18-12(17)7-11(15)16/h1-6H,7H2,(H,15,16). The molecule has 0 aliphatic rings. The Morgan fingerprint density at radius 1 is 1.17 bits per heavy atom. The van der Waals surface area contributed by atoms with Crippen molar-refractivity contribution >= 4 is 22.8 Å². The van der Waals surface area contributed by atoms with Crippen LogP contribution in [0.3, 0.4) is 0 Å². The van der Waals surface area contributed by atoms with Crippen LogP contribution in [0.4, 0.5) is 0 Å². The molecule has 0 saturated carbocycles. The van der Waals surface area contributed by atoms with E-state index in [-0.39, 0.29) is 0 Å². The predicted octanol–water partition coefficient (Wildman–Crippen LogP) is 0.431. The SMILES string of the molecule is O=C(O)CC(=O)On1c(=O)ccc2ccccc21. The number of carbonyl (C=O) groups is 2. The summed E-state index contributed by atoms with van der Waals surface area (Å²) in [6, 6.07) is 9.65. The summed E-state index contributed by atoms with van der Waals surface area (Å²) in [5.74, 6) is -2.31. The second-order valence-electron chi connectivity index (χ2n) is 3.56. The Balaban J connectivity index is 2.43. The normalized spacial score (nSPS) is 10.2. The van der Waals surface area contributed by atoms with Crippen molar-refractivity contribution in [1.29, 1.82) is 0 Å². The number of para-hydroxylation sites is 1. The van der Waals surface area contributed by atoms with Gasteiger partial charge in [0, 0.05) is 11.5 Å². The molecule has 1 aromatic heterocycles. The highest BCUT2D eigenvalue weighted by atomic mass is 16.7. The first-order chi connectivity index (χ1) is 8.58. The van der Waals surface area contributed by atoms with Crippen molar-refractivity contribution < 1.29 is 19.5 Å². The van der Waals surface area contributed by atoms with Gasteiger partial charge in [-0.25, -0.2) is 4.79 Å². The highest BCUT2D eigenvalue weighted by molar-refractivity contribution is 5.90. The summed E-state index contributed by atoms with van der Waals surface area (Å²) >= 11 is 0. The molecule has 0 spiro atoms. The zero-order valence-corrected chi connectivity index (χ0v) is 9.20. The third kappa shape index (κ3) is 2.37. The molecule has 1 N–H and O–H groups in total. The average Bonchev–Trinajstić information content (AvgIpc) is 2.32. The lowest BCUT2D eigenvalue weighted by atomic mass is 10.2. The van der Waals surface area contributed by atoms with Gasteiger partial charge in [-0.3, -0.25) is 9.59 Å². The Labute approximate surface area is 101 Å². The van der Waals surface area contributed by atoms with Gasteiger partial charge >= 0.3 is 11.9 Å². The van der Waals surface area contributed by atoms with Crippen molar-refractivity contribution in [1.82, 2.24) is 4.73 Å². The monoisotopic (exact) mass is 247 g/mol. The number of hydrogen-bond acceptors (Lipinski definition) is 4. The largest absolute Gasteiger partial charge is 0.481 e. The number of carboxylic acid groups (broad SMARTS) is 1. The van der Waals surface area contributed by atoms with Crippen LogP contribution in [-0.2, 0) is 9.59 Å². The van der Waals surface area contributed by atoms with Crippen LogP contribution >= 0.6 is 0 Å². The summed E-state index contributed by atoms with van der Waals surface area (Å²) < 4.78 is 0.792. The second kappa shape index (κ2) is 4.70. The van der Waals surface area contributed by atoms with Crippen LogP contribution in [0.25, 0.3) is 10.9 Å². The van der Waals surface area contributed by atoms with E-state index in [9.17, 15) is 14.4 Å². The Hall–Kier alpha value is -2.63. The van der Waals surface area contributed by atoms with E-state index >= 15 is 0 Å². The summed E-state index contributed by atoms with van der Waals surface area (Å²) in [7, 11) is 0. The van der Waals surface area contributed by atoms with Gasteiger partial charge in [0.05, 0.1) is 5.52 Å². The van der Waals surface area contributed by atoms with E-state index in [2.05, 4.69) is 0 Å². The first kappa shape index (κ1) is 11.8. The smallest absolute Gasteiger partial charge is 0.344 e. The number of carboxylic acids is 1. The van der Waals surface area contributed by atoms with Gasteiger partial charge in [0.1, 0.15) is 6.42 Å². The van der Waals surface area contributed by atoms with Crippen LogP contribution in [0.1, 0.15) is 6.42 Å². The van der Waals surface area contributed by atoms with Gasteiger partial charge in [0.25, 0.3) is 5.56 Å². The Morgan fingerprint density at radius 2 is 1.89 bits per heavy atom. The zero-order chi connectivity index (χ0) is 13.1. The van der Waals surface area contributed by atoms with Crippen molar-refractivity contribution in [3.05, 3.63) is 46.8 Å². The Kier molecular flexibility index (Phi) is 3.09. The lowest BCUT2D eigenvalue weighted by Gasteiger charge is -2.08. The minimum absolute atomic E-state index is 0.406. The molecule has 6 nitrogen and oxygen atoms in total. The average molecular weight is 247 g/mol. The Bertz CT molecular complexity index is 673. The lowest BCUT2D eigenvalue weighted by Crippen LogP contribution is -2.31. The molecule has 2 aromatic rings. The van der Waals surface area contributed by atoms with Crippen LogP contribution in [0, 0.1) is 0 Å². The number of hydrogen-bond donors (Lipinski definition) is 1. The molecule has 0 radical (unpaired) electrons. The second-order valence-corrected chi connectivity index (χ2v) is 3.56. The summed E-state index contributed by atoms with van der Waals surface area (Å²) in [5.41, 5.74) is -0.129. The number of benzene rings is 1. The maximum Gasteiger partial charge on any atom is 0.344 e. The molecule has 92 valence electrons. The summed E-state index contributed by atoms with van der Waals surface area (Å²) in [4.78, 5) is 38.0. The summed E-state index contributed by atoms with van der Waals surface area (Å²) in [6.07, 6.45) is -0.796. The highest BCUT2D eigenvalue weighted by Gasteiger charge is 2.12. The topological polar surface area (TPSA) is 85.6 Å². The number of nitrogens with zero attached hydrogens (tertiary/aromatic N) is 1. The van der Waals surface area contributed by atoms with Crippen molar-refractivity contribution in [3.63, 3.8) is 0 Å². The molecule has 0 aliphatic heterocycles. The van der Waals surface area contributed by atoms with Crippen molar-refractivity contribution in [3.8, 4) is 0 Å². The fourth-order valence-corrected chi connectivity index (χ4v) is 1.51. The number of aromatic nitrogens is 1. The Morgan fingerprint density at radius 3 is 2.61 bits per heavy atom. The zero-order valence-electron chi connectivity index (χ0n) is 9.20. The van der Waals surface area contributed by atoms with E-state index in [0.717, 1.165) is 4.73 Å². The minimum atomic E-state index is -1.31. The van der Waals surface area contributed by atoms with Crippen LogP contribution < -0.4 is 10.4 Å². The number of fused-ring (bicyclic) bond motifs is 1. The van der Waals surface area contributed by atoms with Crippen LogP contribution in [0.5, 0.6) is 0 Å². The van der Waals surface area contributed by atoms with Gasteiger partial charge in [-0.05, 0) is 12.1 Å². The molecule has 0 amide bonds. The van der Waals surface area contributed by atoms with Gasteiger partial charge in [0.2, 0.25) is 0 Å². The van der Waals surface area contributed by atoms with Crippen LogP contribution in [0.2, 0.25) is 0 Å². The summed E-state index contributed by atoms with van der Waals surface area (Å²) in [5, 5.41) is 9.16. The van der Waals surface area contributed by atoms with Gasteiger partial charge in [0.15, 0.2) is 0 Å². The molecule has 0 bridgehead atoms. The fourth-order valence-electron chi connectivity index (χ4n) is 1.51. The van der Waals surface area contributed by atoms with Crippen LogP contribution in [0.15, 0.2) is 41.2 Å². The van der Waals surface area contributed by atoms with Crippen molar-refractivity contribution in [2.75, 3.05) is 0 Å². The molecular formula is C12H9NO5. The lowest BCUT2D eigenvalue weighted by molar-refractivity contribution is -0.151. The molecule has 0 aliphatic carbocycles. The molecule has 0 fully saturated rings. The summed E-state index contributed by atoms with van der Waals surface area (Å²) in [6.45, 7) is 0. The quantitative estimate of drug-likeness (QED) is 0.795. The molecule has 1 aromatic carbocycles. The van der Waals surface area contributed by atoms with E-state index in [0.29, 0.717) is 10.9 Å². The van der Waals surface area contributed by atoms with Crippen molar-refractivity contribution in [2.24, 2.45) is 0 Å². The van der Waals surface area contributed by atoms with E-state index < -0.39 is 23.9 Å². The van der Waals surface area contributed by atoms with Gasteiger partial charge in [-0.1, -0.05) is 18.2 Å². The third-order valence-corrected chi connectivity index (χ3v) is 2.25. The highest BCUT2D eigenvalue weighted by Crippen LogP contribution is 2.09. The third-order valence-electron chi connectivity index (χ3n) is 2.25. The van der Waals surface area contributed by atoms with Gasteiger partial charge in [-0.15, -0.1) is 4.73 Å². The maximum absolute atomic E-state index is 11.6. The van der Waals surface area contributed by atoms with E-state index in [1.54, 1.807) is 30.3 Å². The number of carbonyl (C=O) groups excluding carboxylic acids is 1. The molecule has 2 rings (SSSR count). The molecule has 18 heavy (non-hydrogen) atoms. The molecule has 0 unspecified atom stereocenters. The number of rotatable bonds is 3. The molecular weight excluding hydrogens is 238 g/mol. The van der Waals surface area contributed by atoms with Crippen molar-refractivity contribution in [2.45, 2.75) is 6.42 Å². The number of pyridine rings is 1. The van der Waals surface area contributed by atoms with E-state index in [1.165, 1.54) is 6.07 Å². The maximum atomic E-state index is 11.6. The van der Waals surface area contributed by atoms with Crippen LogP contribution in [-0.4, -0.2) is 21.8 Å². The van der Waals surface area contributed by atoms with E-state index in [1.807, 2.05) is 0 Å². The fraction of sp³-hybridized carbons (Fsp3) is 0.0833. The predicted molar refractivity (Wildman–Crippen MR) is 62.0 cm³/mol. The van der Waals surface area contributed by atoms with Gasteiger partial charge in [-0.2, -0.15) is 0 Å².